The Labute approximate surface area is 190 Å². The van der Waals surface area contributed by atoms with Crippen LogP contribution >= 0.6 is 11.8 Å². The second-order valence-corrected chi connectivity index (χ2v) is 8.25. The first-order valence-electron chi connectivity index (χ1n) is 10.1. The van der Waals surface area contributed by atoms with Crippen molar-refractivity contribution >= 4 is 34.3 Å². The number of fused-ring (bicyclic) bond motifs is 1. The van der Waals surface area contributed by atoms with Crippen LogP contribution in [-0.4, -0.2) is 28.3 Å². The number of nitrogens with one attached hydrogen (secondary N) is 1. The SMILES string of the molecule is COc1ccccc1-n1c(SCC(=O)Nc2cccc(C)c2C)nc2ccccc2c1=O. The molecular formula is C25H23N3O3S. The maximum absolute atomic E-state index is 13.4. The van der Waals surface area contributed by atoms with Crippen molar-refractivity contribution in [1.82, 2.24) is 9.55 Å². The second kappa shape index (κ2) is 9.28. The van der Waals surface area contributed by atoms with Crippen molar-refractivity contribution in [1.29, 1.82) is 0 Å². The molecule has 0 aliphatic carbocycles. The smallest absolute Gasteiger partial charge is 0.266 e. The number of ether oxygens (including phenoxy) is 1. The van der Waals surface area contributed by atoms with E-state index in [1.54, 1.807) is 31.4 Å². The molecule has 32 heavy (non-hydrogen) atoms. The summed E-state index contributed by atoms with van der Waals surface area (Å²) >= 11 is 1.21. The number of anilines is 1. The molecule has 0 spiro atoms. The summed E-state index contributed by atoms with van der Waals surface area (Å²) in [7, 11) is 1.56. The normalized spacial score (nSPS) is 10.8. The van der Waals surface area contributed by atoms with E-state index in [2.05, 4.69) is 10.3 Å². The molecule has 0 saturated heterocycles. The third-order valence-corrected chi connectivity index (χ3v) is 6.22. The lowest BCUT2D eigenvalue weighted by Gasteiger charge is -2.16. The monoisotopic (exact) mass is 445 g/mol. The van der Waals surface area contributed by atoms with E-state index in [0.717, 1.165) is 16.8 Å². The first kappa shape index (κ1) is 21.6. The molecule has 1 aromatic heterocycles. The molecular weight excluding hydrogens is 422 g/mol. The number of rotatable bonds is 6. The van der Waals surface area contributed by atoms with Gasteiger partial charge in [-0.3, -0.25) is 14.2 Å². The minimum Gasteiger partial charge on any atom is -0.495 e. The summed E-state index contributed by atoms with van der Waals surface area (Å²) in [5.41, 5.74) is 3.87. The number of thioether (sulfide) groups is 1. The van der Waals surface area contributed by atoms with Crippen molar-refractivity contribution in [3.8, 4) is 11.4 Å². The highest BCUT2D eigenvalue weighted by atomic mass is 32.2. The molecule has 6 nitrogen and oxygen atoms in total. The van der Waals surface area contributed by atoms with Crippen LogP contribution in [0.3, 0.4) is 0 Å². The van der Waals surface area contributed by atoms with E-state index >= 15 is 0 Å². The topological polar surface area (TPSA) is 73.2 Å². The van der Waals surface area contributed by atoms with Gasteiger partial charge in [-0.2, -0.15) is 0 Å². The van der Waals surface area contributed by atoms with Crippen LogP contribution in [0.15, 0.2) is 76.7 Å². The van der Waals surface area contributed by atoms with Crippen LogP contribution in [0.2, 0.25) is 0 Å². The average molecular weight is 446 g/mol. The van der Waals surface area contributed by atoms with E-state index in [4.69, 9.17) is 4.74 Å². The third-order valence-electron chi connectivity index (χ3n) is 5.28. The van der Waals surface area contributed by atoms with Gasteiger partial charge in [0, 0.05) is 5.69 Å². The van der Waals surface area contributed by atoms with Gasteiger partial charge in [-0.05, 0) is 55.3 Å². The molecule has 1 N–H and O–H groups in total. The molecule has 0 fully saturated rings. The highest BCUT2D eigenvalue weighted by molar-refractivity contribution is 7.99. The van der Waals surface area contributed by atoms with Crippen molar-refractivity contribution in [3.63, 3.8) is 0 Å². The number of hydrogen-bond donors (Lipinski definition) is 1. The number of aryl methyl sites for hydroxylation is 1. The molecule has 4 rings (SSSR count). The van der Waals surface area contributed by atoms with Gasteiger partial charge in [0.15, 0.2) is 5.16 Å². The zero-order valence-corrected chi connectivity index (χ0v) is 18.9. The number of carbonyl (C=O) groups is 1. The summed E-state index contributed by atoms with van der Waals surface area (Å²) < 4.78 is 6.99. The molecule has 0 saturated carbocycles. The highest BCUT2D eigenvalue weighted by Crippen LogP contribution is 2.27. The number of carbonyl (C=O) groups excluding carboxylic acids is 1. The Morgan fingerprint density at radius 3 is 2.59 bits per heavy atom. The molecule has 0 radical (unpaired) electrons. The summed E-state index contributed by atoms with van der Waals surface area (Å²) in [6, 6.07) is 20.3. The number of methoxy groups -OCH3 is 1. The van der Waals surface area contributed by atoms with Gasteiger partial charge in [-0.25, -0.2) is 4.98 Å². The number of amides is 1. The quantitative estimate of drug-likeness (QED) is 0.343. The summed E-state index contributed by atoms with van der Waals surface area (Å²) in [5, 5.41) is 3.88. The zero-order valence-electron chi connectivity index (χ0n) is 18.1. The summed E-state index contributed by atoms with van der Waals surface area (Å²) in [4.78, 5) is 30.8. The summed E-state index contributed by atoms with van der Waals surface area (Å²) in [5.74, 6) is 0.485. The van der Waals surface area contributed by atoms with E-state index in [0.29, 0.717) is 27.5 Å². The van der Waals surface area contributed by atoms with Crippen molar-refractivity contribution in [2.75, 3.05) is 18.2 Å². The molecule has 7 heteroatoms. The van der Waals surface area contributed by atoms with E-state index < -0.39 is 0 Å². The zero-order chi connectivity index (χ0) is 22.7. The molecule has 1 heterocycles. The average Bonchev–Trinajstić information content (AvgIpc) is 2.81. The fraction of sp³-hybridized carbons (Fsp3) is 0.160. The van der Waals surface area contributed by atoms with E-state index in [9.17, 15) is 9.59 Å². The largest absolute Gasteiger partial charge is 0.495 e. The Balaban J connectivity index is 1.71. The van der Waals surface area contributed by atoms with Gasteiger partial charge >= 0.3 is 0 Å². The first-order valence-corrected chi connectivity index (χ1v) is 11.1. The Hall–Kier alpha value is -3.58. The number of nitrogens with zero attached hydrogens (tertiary/aromatic N) is 2. The van der Waals surface area contributed by atoms with E-state index in [1.807, 2.05) is 56.3 Å². The maximum Gasteiger partial charge on any atom is 0.266 e. The molecule has 0 atom stereocenters. The Morgan fingerprint density at radius 1 is 1.03 bits per heavy atom. The minimum atomic E-state index is -0.211. The van der Waals surface area contributed by atoms with Gasteiger partial charge in [0.2, 0.25) is 5.91 Å². The van der Waals surface area contributed by atoms with Gasteiger partial charge in [-0.1, -0.05) is 48.2 Å². The minimum absolute atomic E-state index is 0.104. The molecule has 0 unspecified atom stereocenters. The lowest BCUT2D eigenvalue weighted by Crippen LogP contribution is -2.23. The van der Waals surface area contributed by atoms with Crippen LogP contribution in [-0.2, 0) is 4.79 Å². The van der Waals surface area contributed by atoms with Crippen LogP contribution in [0.5, 0.6) is 5.75 Å². The van der Waals surface area contributed by atoms with Crippen LogP contribution < -0.4 is 15.6 Å². The number of para-hydroxylation sites is 3. The Morgan fingerprint density at radius 2 is 1.78 bits per heavy atom. The van der Waals surface area contributed by atoms with E-state index in [-0.39, 0.29) is 17.2 Å². The molecule has 0 aliphatic rings. The van der Waals surface area contributed by atoms with Gasteiger partial charge < -0.3 is 10.1 Å². The number of hydrogen-bond acceptors (Lipinski definition) is 5. The van der Waals surface area contributed by atoms with Gasteiger partial charge in [0.05, 0.1) is 29.5 Å². The molecule has 0 bridgehead atoms. The van der Waals surface area contributed by atoms with Crippen molar-refractivity contribution in [3.05, 3.63) is 88.2 Å². The first-order chi connectivity index (χ1) is 15.5. The third kappa shape index (κ3) is 4.24. The fourth-order valence-corrected chi connectivity index (χ4v) is 4.24. The van der Waals surface area contributed by atoms with Gasteiger partial charge in [0.1, 0.15) is 5.75 Å². The predicted molar refractivity (Wildman–Crippen MR) is 129 cm³/mol. The van der Waals surface area contributed by atoms with Crippen molar-refractivity contribution < 1.29 is 9.53 Å². The van der Waals surface area contributed by atoms with Gasteiger partial charge in [-0.15, -0.1) is 0 Å². The Bertz CT molecular complexity index is 1360. The predicted octanol–water partition coefficient (Wildman–Crippen LogP) is 4.74. The summed E-state index contributed by atoms with van der Waals surface area (Å²) in [6.45, 7) is 3.98. The van der Waals surface area contributed by atoms with Gasteiger partial charge in [0.25, 0.3) is 5.56 Å². The number of benzene rings is 3. The van der Waals surface area contributed by atoms with Crippen molar-refractivity contribution in [2.24, 2.45) is 0 Å². The Kier molecular flexibility index (Phi) is 6.28. The molecule has 4 aromatic rings. The lowest BCUT2D eigenvalue weighted by atomic mass is 10.1. The lowest BCUT2D eigenvalue weighted by molar-refractivity contribution is -0.113. The second-order valence-electron chi connectivity index (χ2n) is 7.31. The van der Waals surface area contributed by atoms with E-state index in [1.165, 1.54) is 16.3 Å². The van der Waals surface area contributed by atoms with Crippen LogP contribution in [0.4, 0.5) is 5.69 Å². The van der Waals surface area contributed by atoms with Crippen LogP contribution in [0.1, 0.15) is 11.1 Å². The van der Waals surface area contributed by atoms with Crippen LogP contribution in [0.25, 0.3) is 16.6 Å². The molecule has 1 amide bonds. The standard InChI is InChI=1S/C25H23N3O3S/c1-16-9-8-12-19(17(16)2)26-23(29)15-32-25-27-20-11-5-4-10-18(20)24(30)28(25)21-13-6-7-14-22(21)31-3/h4-14H,15H2,1-3H3,(H,26,29). The molecule has 0 aliphatic heterocycles. The maximum atomic E-state index is 13.4. The highest BCUT2D eigenvalue weighted by Gasteiger charge is 2.17. The molecule has 3 aromatic carbocycles. The van der Waals surface area contributed by atoms with Crippen LogP contribution in [0, 0.1) is 13.8 Å². The fourth-order valence-electron chi connectivity index (χ4n) is 3.44. The number of aromatic nitrogens is 2. The summed E-state index contributed by atoms with van der Waals surface area (Å²) in [6.07, 6.45) is 0. The molecule has 162 valence electrons. The van der Waals surface area contributed by atoms with Crippen molar-refractivity contribution in [2.45, 2.75) is 19.0 Å².